The maximum Gasteiger partial charge on any atom is 0.193 e. The number of benzene rings is 1. The van der Waals surface area contributed by atoms with Crippen molar-refractivity contribution >= 4 is 47.2 Å². The fraction of sp³-hybridized carbons (Fsp3) is 0.250. The summed E-state index contributed by atoms with van der Waals surface area (Å²) in [5, 5.41) is 7.54. The number of hydrogen-bond acceptors (Lipinski definition) is 4. The zero-order chi connectivity index (χ0) is 14.5. The lowest BCUT2D eigenvalue weighted by atomic mass is 10.3. The number of guanidine groups is 1. The van der Waals surface area contributed by atoms with E-state index in [1.807, 2.05) is 0 Å². The smallest absolute Gasteiger partial charge is 0.193 e. The van der Waals surface area contributed by atoms with Crippen LogP contribution in [-0.2, 0) is 13.6 Å². The molecule has 1 heterocycles. The van der Waals surface area contributed by atoms with Crippen molar-refractivity contribution in [2.24, 2.45) is 17.8 Å². The van der Waals surface area contributed by atoms with E-state index >= 15 is 0 Å². The second-order valence-corrected chi connectivity index (χ2v) is 4.42. The Kier molecular flexibility index (Phi) is 6.69. The van der Waals surface area contributed by atoms with Crippen LogP contribution in [0.5, 0.6) is 5.75 Å². The molecule has 2 aromatic rings. The Bertz CT molecular complexity index is 630. The number of nitrogens with two attached hydrogens (primary N) is 1. The van der Waals surface area contributed by atoms with Crippen molar-refractivity contribution in [2.75, 3.05) is 12.4 Å². The van der Waals surface area contributed by atoms with Gasteiger partial charge in [-0.15, -0.1) is 24.0 Å². The van der Waals surface area contributed by atoms with E-state index in [4.69, 9.17) is 22.1 Å². The van der Waals surface area contributed by atoms with Gasteiger partial charge in [0, 0.05) is 12.7 Å². The number of aliphatic imine (C=N–C) groups is 1. The van der Waals surface area contributed by atoms with Crippen molar-refractivity contribution in [2.45, 2.75) is 6.54 Å². The predicted octanol–water partition coefficient (Wildman–Crippen LogP) is 2.02. The fourth-order valence-electron chi connectivity index (χ4n) is 1.54. The van der Waals surface area contributed by atoms with Crippen LogP contribution in [0.4, 0.5) is 5.69 Å². The molecule has 1 aromatic carbocycles. The molecular weight excluding hydrogens is 407 g/mol. The standard InChI is InChI=1S/C12H15ClN6O.HI/c1-19-7-16-11(18-19)6-15-12(14)17-8-3-4-10(20-2)9(13)5-8;/h3-5,7H,6H2,1-2H3,(H3,14,15,17);1H. The van der Waals surface area contributed by atoms with Crippen molar-refractivity contribution in [3.63, 3.8) is 0 Å². The van der Waals surface area contributed by atoms with Crippen molar-refractivity contribution < 1.29 is 4.74 Å². The summed E-state index contributed by atoms with van der Waals surface area (Å²) < 4.78 is 6.68. The van der Waals surface area contributed by atoms with E-state index in [9.17, 15) is 0 Å². The van der Waals surface area contributed by atoms with E-state index in [1.165, 1.54) is 0 Å². The first-order valence-electron chi connectivity index (χ1n) is 5.83. The summed E-state index contributed by atoms with van der Waals surface area (Å²) in [6.45, 7) is 0.309. The van der Waals surface area contributed by atoms with Crippen LogP contribution in [-0.4, -0.2) is 27.8 Å². The number of nitrogens with zero attached hydrogens (tertiary/aromatic N) is 4. The highest BCUT2D eigenvalue weighted by Gasteiger charge is 2.03. The van der Waals surface area contributed by atoms with Gasteiger partial charge < -0.3 is 15.8 Å². The molecule has 0 fully saturated rings. The van der Waals surface area contributed by atoms with Crippen LogP contribution in [0, 0.1) is 0 Å². The molecule has 0 atom stereocenters. The third kappa shape index (κ3) is 5.05. The SMILES string of the molecule is COc1ccc(NC(N)=NCc2ncn(C)n2)cc1Cl.I. The molecule has 0 aliphatic carbocycles. The largest absolute Gasteiger partial charge is 0.495 e. The Morgan fingerprint density at radius 3 is 2.86 bits per heavy atom. The van der Waals surface area contributed by atoms with Gasteiger partial charge in [0.15, 0.2) is 11.8 Å². The molecule has 0 amide bonds. The normalized spacial score (nSPS) is 10.9. The molecule has 0 saturated carbocycles. The maximum absolute atomic E-state index is 6.02. The minimum absolute atomic E-state index is 0. The number of methoxy groups -OCH3 is 1. The summed E-state index contributed by atoms with van der Waals surface area (Å²) in [6, 6.07) is 5.26. The van der Waals surface area contributed by atoms with E-state index in [-0.39, 0.29) is 29.9 Å². The van der Waals surface area contributed by atoms with Gasteiger partial charge in [-0.3, -0.25) is 4.68 Å². The van der Waals surface area contributed by atoms with E-state index < -0.39 is 0 Å². The molecule has 0 saturated heterocycles. The van der Waals surface area contributed by atoms with Gasteiger partial charge in [0.2, 0.25) is 0 Å². The number of hydrogen-bond donors (Lipinski definition) is 2. The molecule has 21 heavy (non-hydrogen) atoms. The first kappa shape index (κ1) is 17.5. The summed E-state index contributed by atoms with van der Waals surface area (Å²) in [5.74, 6) is 1.47. The van der Waals surface area contributed by atoms with Gasteiger partial charge >= 0.3 is 0 Å². The summed E-state index contributed by atoms with van der Waals surface area (Å²) in [6.07, 6.45) is 1.61. The van der Waals surface area contributed by atoms with E-state index in [0.29, 0.717) is 23.1 Å². The summed E-state index contributed by atoms with van der Waals surface area (Å²) in [5.41, 5.74) is 6.51. The van der Waals surface area contributed by atoms with E-state index in [1.54, 1.807) is 43.4 Å². The molecule has 2 rings (SSSR count). The average molecular weight is 423 g/mol. The molecule has 0 aliphatic heterocycles. The van der Waals surface area contributed by atoms with Gasteiger partial charge in [0.1, 0.15) is 18.6 Å². The maximum atomic E-state index is 6.02. The van der Waals surface area contributed by atoms with Crippen LogP contribution in [0.2, 0.25) is 5.02 Å². The molecule has 3 N–H and O–H groups in total. The van der Waals surface area contributed by atoms with Crippen LogP contribution < -0.4 is 15.8 Å². The van der Waals surface area contributed by atoms with Crippen LogP contribution in [0.1, 0.15) is 5.82 Å². The zero-order valence-corrected chi connectivity index (χ0v) is 14.7. The first-order chi connectivity index (χ1) is 9.58. The molecule has 0 bridgehead atoms. The van der Waals surface area contributed by atoms with Crippen LogP contribution in [0.15, 0.2) is 29.5 Å². The summed E-state index contributed by atoms with van der Waals surface area (Å²) in [7, 11) is 3.35. The fourth-order valence-corrected chi connectivity index (χ4v) is 1.80. The lowest BCUT2D eigenvalue weighted by Gasteiger charge is -2.08. The molecule has 9 heteroatoms. The second kappa shape index (κ2) is 8.03. The molecule has 0 spiro atoms. The van der Waals surface area contributed by atoms with Crippen LogP contribution in [0.3, 0.4) is 0 Å². The van der Waals surface area contributed by atoms with Crippen LogP contribution >= 0.6 is 35.6 Å². The Labute approximate surface area is 144 Å². The topological polar surface area (TPSA) is 90.4 Å². The molecule has 7 nitrogen and oxygen atoms in total. The second-order valence-electron chi connectivity index (χ2n) is 4.01. The lowest BCUT2D eigenvalue weighted by Crippen LogP contribution is -2.22. The van der Waals surface area contributed by atoms with Gasteiger partial charge in [-0.05, 0) is 18.2 Å². The van der Waals surface area contributed by atoms with Crippen molar-refractivity contribution in [1.29, 1.82) is 0 Å². The number of halogens is 2. The minimum Gasteiger partial charge on any atom is -0.495 e. The Morgan fingerprint density at radius 2 is 2.29 bits per heavy atom. The lowest BCUT2D eigenvalue weighted by molar-refractivity contribution is 0.415. The summed E-state index contributed by atoms with van der Waals surface area (Å²) in [4.78, 5) is 8.20. The first-order valence-corrected chi connectivity index (χ1v) is 6.21. The van der Waals surface area contributed by atoms with Gasteiger partial charge in [-0.25, -0.2) is 9.98 Å². The van der Waals surface area contributed by atoms with Crippen molar-refractivity contribution in [3.8, 4) is 5.75 Å². The van der Waals surface area contributed by atoms with Crippen LogP contribution in [0.25, 0.3) is 0 Å². The third-order valence-electron chi connectivity index (χ3n) is 2.46. The van der Waals surface area contributed by atoms with Crippen molar-refractivity contribution in [1.82, 2.24) is 14.8 Å². The number of ether oxygens (including phenoxy) is 1. The highest BCUT2D eigenvalue weighted by atomic mass is 127. The number of aromatic nitrogens is 3. The molecule has 0 unspecified atom stereocenters. The van der Waals surface area contributed by atoms with E-state index in [0.717, 1.165) is 5.69 Å². The van der Waals surface area contributed by atoms with Gasteiger partial charge in [-0.2, -0.15) is 5.10 Å². The Morgan fingerprint density at radius 1 is 1.52 bits per heavy atom. The Balaban J connectivity index is 0.00000220. The molecule has 0 aliphatic rings. The minimum atomic E-state index is 0. The zero-order valence-electron chi connectivity index (χ0n) is 11.6. The Hall–Kier alpha value is -1.55. The number of aryl methyl sites for hydroxylation is 1. The van der Waals surface area contributed by atoms with E-state index in [2.05, 4.69) is 20.4 Å². The quantitative estimate of drug-likeness (QED) is 0.447. The number of anilines is 1. The molecular formula is C12H16ClIN6O. The number of rotatable bonds is 4. The van der Waals surface area contributed by atoms with Crippen molar-refractivity contribution in [3.05, 3.63) is 35.4 Å². The summed E-state index contributed by atoms with van der Waals surface area (Å²) >= 11 is 6.02. The van der Waals surface area contributed by atoms with Gasteiger partial charge in [0.25, 0.3) is 0 Å². The molecule has 0 radical (unpaired) electrons. The predicted molar refractivity (Wildman–Crippen MR) is 93.4 cm³/mol. The molecule has 114 valence electrons. The third-order valence-corrected chi connectivity index (χ3v) is 2.76. The van der Waals surface area contributed by atoms with Gasteiger partial charge in [0.05, 0.1) is 12.1 Å². The highest BCUT2D eigenvalue weighted by Crippen LogP contribution is 2.26. The monoisotopic (exact) mass is 422 g/mol. The molecule has 1 aromatic heterocycles. The highest BCUT2D eigenvalue weighted by molar-refractivity contribution is 14.0. The van der Waals surface area contributed by atoms with Gasteiger partial charge in [-0.1, -0.05) is 11.6 Å². The average Bonchev–Trinajstić information content (AvgIpc) is 2.82. The number of nitrogens with one attached hydrogen (secondary N) is 1.